The molecule has 27 heavy (non-hydrogen) atoms. The van der Waals surface area contributed by atoms with Gasteiger partial charge in [-0.3, -0.25) is 4.79 Å². The van der Waals surface area contributed by atoms with Crippen LogP contribution in [0.15, 0.2) is 12.1 Å². The lowest BCUT2D eigenvalue weighted by Gasteiger charge is -2.34. The molecule has 1 N–H and O–H groups in total. The van der Waals surface area contributed by atoms with Gasteiger partial charge in [0, 0.05) is 6.04 Å². The number of carbonyl (C=O) groups excluding carboxylic acids is 2. The molecule has 1 amide bonds. The molecule has 3 atom stereocenters. The lowest BCUT2D eigenvalue weighted by Crippen LogP contribution is -2.45. The third-order valence-electron chi connectivity index (χ3n) is 5.29. The first-order valence-electron chi connectivity index (χ1n) is 9.17. The van der Waals surface area contributed by atoms with Gasteiger partial charge in [0.2, 0.25) is 5.75 Å². The summed E-state index contributed by atoms with van der Waals surface area (Å²) in [6.07, 6.45) is 3.24. The average Bonchev–Trinajstić information content (AvgIpc) is 2.68. The van der Waals surface area contributed by atoms with Crippen LogP contribution >= 0.6 is 0 Å². The fraction of sp³-hybridized carbons (Fsp3) is 0.600. The zero-order chi connectivity index (χ0) is 20.0. The van der Waals surface area contributed by atoms with E-state index in [1.165, 1.54) is 39.9 Å². The zero-order valence-corrected chi connectivity index (χ0v) is 16.7. The monoisotopic (exact) mass is 379 g/mol. The van der Waals surface area contributed by atoms with Gasteiger partial charge in [0.15, 0.2) is 18.1 Å². The highest BCUT2D eigenvalue weighted by molar-refractivity contribution is 5.92. The number of benzene rings is 1. The summed E-state index contributed by atoms with van der Waals surface area (Å²) >= 11 is 0. The van der Waals surface area contributed by atoms with E-state index in [4.69, 9.17) is 18.9 Å². The number of hydrogen-bond donors (Lipinski definition) is 1. The first-order valence-corrected chi connectivity index (χ1v) is 9.17. The van der Waals surface area contributed by atoms with Crippen molar-refractivity contribution in [3.63, 3.8) is 0 Å². The van der Waals surface area contributed by atoms with Crippen molar-refractivity contribution in [1.29, 1.82) is 0 Å². The molecule has 0 aromatic heterocycles. The van der Waals surface area contributed by atoms with Crippen LogP contribution in [0.5, 0.6) is 17.2 Å². The topological polar surface area (TPSA) is 83.1 Å². The lowest BCUT2D eigenvalue weighted by molar-refractivity contribution is -0.125. The van der Waals surface area contributed by atoms with E-state index in [1.807, 2.05) is 0 Å². The third-order valence-corrected chi connectivity index (χ3v) is 5.29. The zero-order valence-electron chi connectivity index (χ0n) is 16.7. The summed E-state index contributed by atoms with van der Waals surface area (Å²) in [6, 6.07) is 3.11. The van der Waals surface area contributed by atoms with Gasteiger partial charge in [-0.2, -0.15) is 0 Å². The highest BCUT2D eigenvalue weighted by Crippen LogP contribution is 2.38. The second kappa shape index (κ2) is 9.48. The number of carbonyl (C=O) groups is 2. The number of esters is 1. The van der Waals surface area contributed by atoms with Gasteiger partial charge in [-0.25, -0.2) is 4.79 Å². The summed E-state index contributed by atoms with van der Waals surface area (Å²) in [6.45, 7) is 4.03. The summed E-state index contributed by atoms with van der Waals surface area (Å²) in [7, 11) is 4.41. The van der Waals surface area contributed by atoms with Gasteiger partial charge in [-0.05, 0) is 30.4 Å². The van der Waals surface area contributed by atoms with Crippen molar-refractivity contribution in [2.45, 2.75) is 39.2 Å². The SMILES string of the molecule is COc1cc(C(=O)OCC(=O)N[C@@H]2CCC[C@@H](C)[C@H]2C)cc(OC)c1OC. The van der Waals surface area contributed by atoms with Gasteiger partial charge in [0.05, 0.1) is 26.9 Å². The predicted octanol–water partition coefficient (Wildman–Crippen LogP) is 2.81. The first kappa shape index (κ1) is 20.9. The van der Waals surface area contributed by atoms with Crippen LogP contribution in [-0.4, -0.2) is 45.9 Å². The van der Waals surface area contributed by atoms with Crippen LogP contribution in [-0.2, 0) is 9.53 Å². The second-order valence-electron chi connectivity index (χ2n) is 6.93. The number of hydrogen-bond acceptors (Lipinski definition) is 6. The number of methoxy groups -OCH3 is 3. The van der Waals surface area contributed by atoms with Gasteiger partial charge in [-0.15, -0.1) is 0 Å². The molecule has 7 heteroatoms. The largest absolute Gasteiger partial charge is 0.493 e. The second-order valence-corrected chi connectivity index (χ2v) is 6.93. The Hall–Kier alpha value is -2.44. The summed E-state index contributed by atoms with van der Waals surface area (Å²) in [4.78, 5) is 24.5. The average molecular weight is 379 g/mol. The highest BCUT2D eigenvalue weighted by Gasteiger charge is 2.28. The van der Waals surface area contributed by atoms with E-state index >= 15 is 0 Å². The molecule has 7 nitrogen and oxygen atoms in total. The Morgan fingerprint density at radius 1 is 1.04 bits per heavy atom. The molecule has 1 fully saturated rings. The van der Waals surface area contributed by atoms with Crippen LogP contribution in [0.2, 0.25) is 0 Å². The molecular weight excluding hydrogens is 350 g/mol. The van der Waals surface area contributed by atoms with Gasteiger partial charge in [0.25, 0.3) is 5.91 Å². The smallest absolute Gasteiger partial charge is 0.338 e. The molecule has 1 aliphatic carbocycles. The maximum atomic E-state index is 12.3. The fourth-order valence-corrected chi connectivity index (χ4v) is 3.45. The maximum Gasteiger partial charge on any atom is 0.338 e. The summed E-state index contributed by atoms with van der Waals surface area (Å²) < 4.78 is 20.8. The molecule has 0 spiro atoms. The molecule has 0 heterocycles. The van der Waals surface area contributed by atoms with Crippen molar-refractivity contribution in [2.24, 2.45) is 11.8 Å². The minimum absolute atomic E-state index is 0.126. The van der Waals surface area contributed by atoms with Gasteiger partial charge >= 0.3 is 5.97 Å². The molecular formula is C20H29NO6. The van der Waals surface area contributed by atoms with E-state index in [1.54, 1.807) is 0 Å². The van der Waals surface area contributed by atoms with Crippen molar-refractivity contribution in [1.82, 2.24) is 5.32 Å². The van der Waals surface area contributed by atoms with Gasteiger partial charge in [0.1, 0.15) is 0 Å². The van der Waals surface area contributed by atoms with Crippen molar-refractivity contribution in [3.05, 3.63) is 17.7 Å². The van der Waals surface area contributed by atoms with E-state index in [-0.39, 0.29) is 24.1 Å². The summed E-state index contributed by atoms with van der Waals surface area (Å²) in [5.74, 6) is 1.14. The molecule has 0 saturated heterocycles. The molecule has 0 radical (unpaired) electrons. The quantitative estimate of drug-likeness (QED) is 0.734. The molecule has 1 aromatic rings. The maximum absolute atomic E-state index is 12.3. The molecule has 1 saturated carbocycles. The third kappa shape index (κ3) is 5.05. The van der Waals surface area contributed by atoms with Crippen LogP contribution in [0.4, 0.5) is 0 Å². The minimum atomic E-state index is -0.630. The Morgan fingerprint density at radius 2 is 1.67 bits per heavy atom. The molecule has 2 rings (SSSR count). The number of rotatable bonds is 7. The van der Waals surface area contributed by atoms with Gasteiger partial charge < -0.3 is 24.3 Å². The van der Waals surface area contributed by atoms with Crippen LogP contribution in [0, 0.1) is 11.8 Å². The first-order chi connectivity index (χ1) is 12.9. The van der Waals surface area contributed by atoms with Crippen LogP contribution in [0.25, 0.3) is 0 Å². The summed E-state index contributed by atoms with van der Waals surface area (Å²) in [5, 5.41) is 2.98. The number of nitrogens with one attached hydrogen (secondary N) is 1. The Morgan fingerprint density at radius 3 is 2.22 bits per heavy atom. The van der Waals surface area contributed by atoms with E-state index in [9.17, 15) is 9.59 Å². The Bertz CT molecular complexity index is 649. The van der Waals surface area contributed by atoms with Crippen molar-refractivity contribution < 1.29 is 28.5 Å². The highest BCUT2D eigenvalue weighted by atomic mass is 16.5. The molecule has 0 bridgehead atoms. The Labute approximate surface area is 160 Å². The standard InChI is InChI=1S/C20H29NO6/c1-12-7-6-8-15(13(12)2)21-18(22)11-27-20(23)14-9-16(24-3)19(26-5)17(10-14)25-4/h9-10,12-13,15H,6-8,11H2,1-5H3,(H,21,22)/t12-,13-,15-/m1/s1. The normalized spacial score (nSPS) is 21.9. The van der Waals surface area contributed by atoms with Crippen molar-refractivity contribution in [3.8, 4) is 17.2 Å². The molecule has 150 valence electrons. The number of ether oxygens (including phenoxy) is 4. The van der Waals surface area contributed by atoms with E-state index in [0.717, 1.165) is 12.8 Å². The van der Waals surface area contributed by atoms with E-state index in [0.29, 0.717) is 29.1 Å². The molecule has 0 aliphatic heterocycles. The fourth-order valence-electron chi connectivity index (χ4n) is 3.45. The van der Waals surface area contributed by atoms with Crippen molar-refractivity contribution in [2.75, 3.05) is 27.9 Å². The lowest BCUT2D eigenvalue weighted by atomic mass is 9.78. The Balaban J connectivity index is 1.98. The van der Waals surface area contributed by atoms with Crippen LogP contribution in [0.1, 0.15) is 43.5 Å². The van der Waals surface area contributed by atoms with Gasteiger partial charge in [-0.1, -0.05) is 26.7 Å². The van der Waals surface area contributed by atoms with Crippen LogP contribution < -0.4 is 19.5 Å². The minimum Gasteiger partial charge on any atom is -0.493 e. The molecule has 1 aromatic carbocycles. The molecule has 1 aliphatic rings. The van der Waals surface area contributed by atoms with E-state index < -0.39 is 5.97 Å². The predicted molar refractivity (Wildman–Crippen MR) is 100 cm³/mol. The Kier molecular flexibility index (Phi) is 7.33. The van der Waals surface area contributed by atoms with Crippen LogP contribution in [0.3, 0.4) is 0 Å². The summed E-state index contributed by atoms with van der Waals surface area (Å²) in [5.41, 5.74) is 0.219. The van der Waals surface area contributed by atoms with Crippen molar-refractivity contribution >= 4 is 11.9 Å². The van der Waals surface area contributed by atoms with E-state index in [2.05, 4.69) is 19.2 Å². The number of amides is 1. The molecule has 0 unspecified atom stereocenters.